The smallest absolute Gasteiger partial charge is 0.00933 e. The highest BCUT2D eigenvalue weighted by atomic mass is 79.9. The quantitative estimate of drug-likeness (QED) is 0.385. The standard InChI is InChI=1S/C12H24Br2/c1-3-4-5-6-7-8-9-12(2,10-13)11-14/h3-11H2,1-2H3. The van der Waals surface area contributed by atoms with Crippen molar-refractivity contribution in [3.8, 4) is 0 Å². The highest BCUT2D eigenvalue weighted by Gasteiger charge is 2.20. The molecule has 0 saturated heterocycles. The van der Waals surface area contributed by atoms with E-state index in [1.54, 1.807) is 0 Å². The minimum atomic E-state index is 0.463. The highest BCUT2D eigenvalue weighted by Crippen LogP contribution is 2.29. The highest BCUT2D eigenvalue weighted by molar-refractivity contribution is 9.09. The molecular formula is C12H24Br2. The fraction of sp³-hybridized carbons (Fsp3) is 1.00. The Morgan fingerprint density at radius 1 is 0.857 bits per heavy atom. The van der Waals surface area contributed by atoms with Crippen LogP contribution in [-0.2, 0) is 0 Å². The van der Waals surface area contributed by atoms with Gasteiger partial charge in [0.2, 0.25) is 0 Å². The zero-order chi connectivity index (χ0) is 10.9. The second kappa shape index (κ2) is 9.21. The first-order chi connectivity index (χ1) is 6.68. The lowest BCUT2D eigenvalue weighted by atomic mass is 9.89. The van der Waals surface area contributed by atoms with E-state index in [-0.39, 0.29) is 0 Å². The van der Waals surface area contributed by atoms with Gasteiger partial charge in [0, 0.05) is 10.7 Å². The summed E-state index contributed by atoms with van der Waals surface area (Å²) in [7, 11) is 0. The van der Waals surface area contributed by atoms with Gasteiger partial charge in [-0.25, -0.2) is 0 Å². The molecule has 0 radical (unpaired) electrons. The van der Waals surface area contributed by atoms with Gasteiger partial charge in [0.05, 0.1) is 0 Å². The normalized spacial score (nSPS) is 12.0. The molecule has 86 valence electrons. The average molecular weight is 328 g/mol. The van der Waals surface area contributed by atoms with Crippen molar-refractivity contribution in [3.05, 3.63) is 0 Å². The molecular weight excluding hydrogens is 304 g/mol. The van der Waals surface area contributed by atoms with Crippen LogP contribution in [0.5, 0.6) is 0 Å². The summed E-state index contributed by atoms with van der Waals surface area (Å²) < 4.78 is 0. The molecule has 0 aromatic rings. The number of hydrogen-bond acceptors (Lipinski definition) is 0. The molecule has 0 N–H and O–H groups in total. The topological polar surface area (TPSA) is 0 Å². The average Bonchev–Trinajstić information content (AvgIpc) is 2.23. The Labute approximate surface area is 106 Å². The van der Waals surface area contributed by atoms with E-state index in [2.05, 4.69) is 45.7 Å². The summed E-state index contributed by atoms with van der Waals surface area (Å²) in [4.78, 5) is 0. The lowest BCUT2D eigenvalue weighted by molar-refractivity contribution is 0.378. The number of hydrogen-bond donors (Lipinski definition) is 0. The second-order valence-corrected chi connectivity index (χ2v) is 5.72. The van der Waals surface area contributed by atoms with E-state index in [1.807, 2.05) is 0 Å². The minimum Gasteiger partial charge on any atom is -0.0922 e. The van der Waals surface area contributed by atoms with Gasteiger partial charge in [0.25, 0.3) is 0 Å². The van der Waals surface area contributed by atoms with Gasteiger partial charge in [-0.3, -0.25) is 0 Å². The number of rotatable bonds is 9. The monoisotopic (exact) mass is 326 g/mol. The molecule has 2 heteroatoms. The Balaban J connectivity index is 3.34. The number of alkyl halides is 2. The molecule has 0 fully saturated rings. The van der Waals surface area contributed by atoms with Crippen LogP contribution in [0.15, 0.2) is 0 Å². The van der Waals surface area contributed by atoms with Crippen molar-refractivity contribution in [3.63, 3.8) is 0 Å². The summed E-state index contributed by atoms with van der Waals surface area (Å²) in [6.45, 7) is 4.62. The first-order valence-corrected chi connectivity index (χ1v) is 8.05. The lowest BCUT2D eigenvalue weighted by Gasteiger charge is -2.24. The fourth-order valence-corrected chi connectivity index (χ4v) is 2.99. The van der Waals surface area contributed by atoms with Crippen LogP contribution in [0.3, 0.4) is 0 Å². The molecule has 0 rings (SSSR count). The van der Waals surface area contributed by atoms with E-state index in [4.69, 9.17) is 0 Å². The Hall–Kier alpha value is 0.960. The van der Waals surface area contributed by atoms with Crippen molar-refractivity contribution in [2.45, 2.75) is 58.8 Å². The summed E-state index contributed by atoms with van der Waals surface area (Å²) in [5.41, 5.74) is 0.463. The van der Waals surface area contributed by atoms with Crippen LogP contribution in [0, 0.1) is 5.41 Å². The van der Waals surface area contributed by atoms with Gasteiger partial charge in [-0.1, -0.05) is 84.2 Å². The van der Waals surface area contributed by atoms with Gasteiger partial charge in [-0.05, 0) is 11.8 Å². The predicted molar refractivity (Wildman–Crippen MR) is 73.7 cm³/mol. The van der Waals surface area contributed by atoms with Crippen LogP contribution in [0.2, 0.25) is 0 Å². The predicted octanol–water partition coefficient (Wildman–Crippen LogP) is 5.53. The molecule has 0 amide bonds. The molecule has 0 nitrogen and oxygen atoms in total. The van der Waals surface area contributed by atoms with Gasteiger partial charge >= 0.3 is 0 Å². The third-order valence-electron chi connectivity index (χ3n) is 2.78. The second-order valence-electron chi connectivity index (χ2n) is 4.60. The Morgan fingerprint density at radius 2 is 1.36 bits per heavy atom. The van der Waals surface area contributed by atoms with E-state index >= 15 is 0 Å². The SMILES string of the molecule is CCCCCCCCC(C)(CBr)CBr. The Kier molecular flexibility index (Phi) is 9.84. The molecule has 0 spiro atoms. The number of unbranched alkanes of at least 4 members (excludes halogenated alkanes) is 5. The van der Waals surface area contributed by atoms with Gasteiger partial charge in [-0.15, -0.1) is 0 Å². The summed E-state index contributed by atoms with van der Waals surface area (Å²) in [6, 6.07) is 0. The Bertz CT molecular complexity index is 119. The zero-order valence-corrected chi connectivity index (χ0v) is 12.8. The van der Waals surface area contributed by atoms with Crippen LogP contribution >= 0.6 is 31.9 Å². The molecule has 0 aliphatic rings. The third kappa shape index (κ3) is 7.28. The molecule has 0 aliphatic carbocycles. The van der Waals surface area contributed by atoms with Crippen molar-refractivity contribution in [1.29, 1.82) is 0 Å². The Morgan fingerprint density at radius 3 is 1.86 bits per heavy atom. The molecule has 14 heavy (non-hydrogen) atoms. The van der Waals surface area contributed by atoms with Crippen LogP contribution < -0.4 is 0 Å². The first-order valence-electron chi connectivity index (χ1n) is 5.80. The third-order valence-corrected chi connectivity index (χ3v) is 5.49. The maximum absolute atomic E-state index is 3.60. The van der Waals surface area contributed by atoms with Crippen molar-refractivity contribution < 1.29 is 0 Å². The van der Waals surface area contributed by atoms with E-state index in [0.29, 0.717) is 5.41 Å². The van der Waals surface area contributed by atoms with Crippen LogP contribution in [-0.4, -0.2) is 10.7 Å². The molecule has 0 atom stereocenters. The summed E-state index contributed by atoms with van der Waals surface area (Å²) in [6.07, 6.45) is 9.75. The summed E-state index contributed by atoms with van der Waals surface area (Å²) in [5, 5.41) is 2.22. The molecule has 0 saturated carbocycles. The molecule has 0 heterocycles. The van der Waals surface area contributed by atoms with Crippen molar-refractivity contribution in [1.82, 2.24) is 0 Å². The van der Waals surface area contributed by atoms with Crippen LogP contribution in [0.1, 0.15) is 58.8 Å². The van der Waals surface area contributed by atoms with Crippen molar-refractivity contribution >= 4 is 31.9 Å². The molecule has 0 aromatic carbocycles. The summed E-state index contributed by atoms with van der Waals surface area (Å²) in [5.74, 6) is 0. The minimum absolute atomic E-state index is 0.463. The molecule has 0 aromatic heterocycles. The van der Waals surface area contributed by atoms with Crippen LogP contribution in [0.4, 0.5) is 0 Å². The maximum Gasteiger partial charge on any atom is 0.00933 e. The maximum atomic E-state index is 3.60. The largest absolute Gasteiger partial charge is 0.0922 e. The zero-order valence-electron chi connectivity index (χ0n) is 9.62. The van der Waals surface area contributed by atoms with E-state index < -0.39 is 0 Å². The van der Waals surface area contributed by atoms with Crippen LogP contribution in [0.25, 0.3) is 0 Å². The molecule has 0 unspecified atom stereocenters. The van der Waals surface area contributed by atoms with E-state index in [9.17, 15) is 0 Å². The first kappa shape index (κ1) is 15.0. The van der Waals surface area contributed by atoms with Gasteiger partial charge in [0.15, 0.2) is 0 Å². The summed E-state index contributed by atoms with van der Waals surface area (Å²) >= 11 is 7.19. The van der Waals surface area contributed by atoms with Crippen molar-refractivity contribution in [2.75, 3.05) is 10.7 Å². The lowest BCUT2D eigenvalue weighted by Crippen LogP contribution is -2.19. The number of halogens is 2. The fourth-order valence-electron chi connectivity index (χ4n) is 1.50. The van der Waals surface area contributed by atoms with Gasteiger partial charge in [0.1, 0.15) is 0 Å². The van der Waals surface area contributed by atoms with E-state index in [1.165, 1.54) is 44.9 Å². The van der Waals surface area contributed by atoms with Gasteiger partial charge in [-0.2, -0.15) is 0 Å². The van der Waals surface area contributed by atoms with Crippen molar-refractivity contribution in [2.24, 2.45) is 5.41 Å². The molecule has 0 bridgehead atoms. The molecule has 0 aliphatic heterocycles. The van der Waals surface area contributed by atoms with E-state index in [0.717, 1.165) is 10.7 Å². The van der Waals surface area contributed by atoms with Gasteiger partial charge < -0.3 is 0 Å².